The summed E-state index contributed by atoms with van der Waals surface area (Å²) >= 11 is -0.1000. The van der Waals surface area contributed by atoms with Gasteiger partial charge in [-0.05, 0) is 66.7 Å². The van der Waals surface area contributed by atoms with E-state index >= 15 is 0 Å². The Morgan fingerprint density at radius 2 is 1.93 bits per heavy atom. The van der Waals surface area contributed by atoms with Gasteiger partial charge in [0.2, 0.25) is 5.82 Å². The van der Waals surface area contributed by atoms with Gasteiger partial charge in [0.25, 0.3) is 0 Å². The summed E-state index contributed by atoms with van der Waals surface area (Å²) in [6.07, 6.45) is 3.45. The number of H-pyrrole nitrogens is 1. The average molecular weight is 435 g/mol. The molecule has 0 atom stereocenters. The first-order chi connectivity index (χ1) is 14.2. The van der Waals surface area contributed by atoms with Crippen LogP contribution >= 0.6 is 11.8 Å². The Bertz CT molecular complexity index is 990. The van der Waals surface area contributed by atoms with Gasteiger partial charge in [0.05, 0.1) is 6.67 Å². The summed E-state index contributed by atoms with van der Waals surface area (Å²) in [4.78, 5) is 8.83. The molecule has 0 amide bonds. The number of hydrogen-bond donors (Lipinski definition) is 1. The summed E-state index contributed by atoms with van der Waals surface area (Å²) in [6.45, 7) is 6.35. The smallest absolute Gasteiger partial charge is 0.357 e. The Kier molecular flexibility index (Phi) is 5.41. The number of anilines is 1. The third kappa shape index (κ3) is 4.57. The molecule has 30 heavy (non-hydrogen) atoms. The molecular formula is C19H20F3N7S. The number of alkyl halides is 3. The van der Waals surface area contributed by atoms with E-state index in [-0.39, 0.29) is 22.2 Å². The zero-order valence-corrected chi connectivity index (χ0v) is 17.2. The summed E-state index contributed by atoms with van der Waals surface area (Å²) < 4.78 is 37.7. The van der Waals surface area contributed by atoms with Crippen LogP contribution in [0.4, 0.5) is 18.9 Å². The van der Waals surface area contributed by atoms with E-state index in [0.717, 1.165) is 23.4 Å². The van der Waals surface area contributed by atoms with Crippen molar-refractivity contribution < 1.29 is 13.2 Å². The van der Waals surface area contributed by atoms with Crippen LogP contribution in [0.3, 0.4) is 0 Å². The molecule has 3 aromatic rings. The highest BCUT2D eigenvalue weighted by molar-refractivity contribution is 8.00. The van der Waals surface area contributed by atoms with Crippen molar-refractivity contribution >= 4 is 17.4 Å². The maximum absolute atomic E-state index is 12.6. The van der Waals surface area contributed by atoms with Gasteiger partial charge in [-0.2, -0.15) is 18.4 Å². The van der Waals surface area contributed by atoms with Crippen LogP contribution in [0, 0.1) is 0 Å². The van der Waals surface area contributed by atoms with E-state index in [1.807, 2.05) is 6.07 Å². The molecule has 1 saturated heterocycles. The lowest BCUT2D eigenvalue weighted by Gasteiger charge is -2.30. The first-order valence-electron chi connectivity index (χ1n) is 9.24. The Morgan fingerprint density at radius 3 is 2.60 bits per heavy atom. The summed E-state index contributed by atoms with van der Waals surface area (Å²) in [7, 11) is 0. The van der Waals surface area contributed by atoms with Gasteiger partial charge in [-0.15, -0.1) is 10.2 Å². The number of nitrogens with zero attached hydrogens (tertiary/aromatic N) is 6. The fraction of sp³-hybridized carbons (Fsp3) is 0.368. The molecule has 0 saturated carbocycles. The van der Waals surface area contributed by atoms with Gasteiger partial charge in [0.1, 0.15) is 0 Å². The average Bonchev–Trinajstić information content (AvgIpc) is 3.30. The third-order valence-corrected chi connectivity index (χ3v) is 5.81. The molecule has 0 aliphatic carbocycles. The lowest BCUT2D eigenvalue weighted by Crippen LogP contribution is -2.39. The van der Waals surface area contributed by atoms with E-state index in [9.17, 15) is 13.2 Å². The van der Waals surface area contributed by atoms with Crippen molar-refractivity contribution in [3.8, 4) is 11.4 Å². The lowest BCUT2D eigenvalue weighted by atomic mass is 10.0. The number of rotatable bonds is 5. The van der Waals surface area contributed by atoms with Crippen molar-refractivity contribution in [3.05, 3.63) is 48.3 Å². The van der Waals surface area contributed by atoms with E-state index < -0.39 is 5.51 Å². The molecule has 1 fully saturated rings. The Morgan fingerprint density at radius 1 is 1.17 bits per heavy atom. The van der Waals surface area contributed by atoms with E-state index in [2.05, 4.69) is 49.3 Å². The molecule has 1 aliphatic rings. The molecule has 2 aromatic heterocycles. The van der Waals surface area contributed by atoms with Gasteiger partial charge in [-0.25, -0.2) is 0 Å². The van der Waals surface area contributed by atoms with E-state index in [1.165, 1.54) is 12.1 Å². The maximum Gasteiger partial charge on any atom is 0.446 e. The van der Waals surface area contributed by atoms with Crippen molar-refractivity contribution in [1.29, 1.82) is 0 Å². The first-order valence-corrected chi connectivity index (χ1v) is 10.1. The number of halogens is 3. The van der Waals surface area contributed by atoms with Gasteiger partial charge in [-0.3, -0.25) is 9.88 Å². The van der Waals surface area contributed by atoms with Crippen LogP contribution in [0.5, 0.6) is 0 Å². The summed E-state index contributed by atoms with van der Waals surface area (Å²) in [6, 6.07) is 8.45. The standard InChI is InChI=1S/C19H20F3N7S/c1-18(2)11-28(14-3-5-15(6-4-14)30-19(20,21)22)12-29(18)10-13-7-8-23-9-16(13)17-24-26-27-25-17/h3-9H,10-12H2,1-2H3,(H,24,25,26,27). The van der Waals surface area contributed by atoms with E-state index in [1.54, 1.807) is 24.5 Å². The molecule has 11 heteroatoms. The number of pyridine rings is 1. The van der Waals surface area contributed by atoms with E-state index in [0.29, 0.717) is 19.0 Å². The molecule has 1 aliphatic heterocycles. The second-order valence-corrected chi connectivity index (χ2v) is 8.80. The number of thioether (sulfide) groups is 1. The largest absolute Gasteiger partial charge is 0.446 e. The van der Waals surface area contributed by atoms with Crippen LogP contribution in [0.1, 0.15) is 19.4 Å². The summed E-state index contributed by atoms with van der Waals surface area (Å²) in [5.74, 6) is 0.490. The van der Waals surface area contributed by atoms with E-state index in [4.69, 9.17) is 0 Å². The van der Waals surface area contributed by atoms with Crippen LogP contribution in [0.25, 0.3) is 11.4 Å². The number of tetrazole rings is 1. The van der Waals surface area contributed by atoms with Crippen LogP contribution < -0.4 is 4.90 Å². The molecule has 1 aromatic carbocycles. The van der Waals surface area contributed by atoms with Gasteiger partial charge in [-0.1, -0.05) is 0 Å². The Labute approximate surface area is 175 Å². The van der Waals surface area contributed by atoms with Gasteiger partial charge in [0, 0.05) is 47.2 Å². The van der Waals surface area contributed by atoms with Crippen LogP contribution in [-0.2, 0) is 6.54 Å². The molecule has 0 bridgehead atoms. The number of benzene rings is 1. The van der Waals surface area contributed by atoms with Crippen molar-refractivity contribution in [1.82, 2.24) is 30.5 Å². The SMILES string of the molecule is CC1(C)CN(c2ccc(SC(F)(F)F)cc2)CN1Cc1ccncc1-c1nn[nH]n1. The second kappa shape index (κ2) is 7.88. The normalized spacial score (nSPS) is 16.9. The van der Waals surface area contributed by atoms with Crippen molar-refractivity contribution in [2.24, 2.45) is 0 Å². The highest BCUT2D eigenvalue weighted by Gasteiger charge is 2.37. The zero-order valence-electron chi connectivity index (χ0n) is 16.4. The molecule has 0 unspecified atom stereocenters. The number of hydrogen-bond acceptors (Lipinski definition) is 7. The highest BCUT2D eigenvalue weighted by atomic mass is 32.2. The molecule has 158 valence electrons. The lowest BCUT2D eigenvalue weighted by molar-refractivity contribution is -0.0328. The van der Waals surface area contributed by atoms with Crippen molar-refractivity contribution in [2.45, 2.75) is 36.3 Å². The first kappa shape index (κ1) is 20.6. The zero-order chi connectivity index (χ0) is 21.4. The fourth-order valence-corrected chi connectivity index (χ4v) is 4.09. The van der Waals surface area contributed by atoms with Crippen molar-refractivity contribution in [2.75, 3.05) is 18.1 Å². The quantitative estimate of drug-likeness (QED) is 0.609. The molecule has 3 heterocycles. The second-order valence-electron chi connectivity index (χ2n) is 7.66. The molecule has 4 rings (SSSR count). The van der Waals surface area contributed by atoms with Gasteiger partial charge >= 0.3 is 5.51 Å². The Balaban J connectivity index is 1.51. The molecule has 0 radical (unpaired) electrons. The minimum absolute atomic E-state index is 0.1000. The highest BCUT2D eigenvalue weighted by Crippen LogP contribution is 2.38. The maximum atomic E-state index is 12.6. The van der Waals surface area contributed by atoms with Gasteiger partial charge < -0.3 is 4.90 Å². The van der Waals surface area contributed by atoms with Gasteiger partial charge in [0.15, 0.2) is 0 Å². The minimum atomic E-state index is -4.28. The number of aromatic amines is 1. The molecule has 7 nitrogen and oxygen atoms in total. The summed E-state index contributed by atoms with van der Waals surface area (Å²) in [5.41, 5.74) is -1.69. The molecule has 0 spiro atoms. The number of nitrogens with one attached hydrogen (secondary N) is 1. The predicted molar refractivity (Wildman–Crippen MR) is 108 cm³/mol. The number of aromatic nitrogens is 5. The minimum Gasteiger partial charge on any atom is -0.357 e. The van der Waals surface area contributed by atoms with Crippen LogP contribution in [-0.4, -0.2) is 54.8 Å². The molecular weight excluding hydrogens is 415 g/mol. The molecule has 1 N–H and O–H groups in total. The van der Waals surface area contributed by atoms with Crippen molar-refractivity contribution in [3.63, 3.8) is 0 Å². The van der Waals surface area contributed by atoms with Crippen LogP contribution in [0.15, 0.2) is 47.6 Å². The monoisotopic (exact) mass is 435 g/mol. The predicted octanol–water partition coefficient (Wildman–Crippen LogP) is 3.93. The van der Waals surface area contributed by atoms with Crippen LogP contribution in [0.2, 0.25) is 0 Å². The Hall–Kier alpha value is -2.66. The summed E-state index contributed by atoms with van der Waals surface area (Å²) in [5, 5.41) is 14.2. The fourth-order valence-electron chi connectivity index (χ4n) is 3.55. The third-order valence-electron chi connectivity index (χ3n) is 5.07. The topological polar surface area (TPSA) is 73.8 Å².